The van der Waals surface area contributed by atoms with Crippen LogP contribution in [0.2, 0.25) is 0 Å². The molecule has 2 aromatic rings. The molecule has 19 heavy (non-hydrogen) atoms. The van der Waals surface area contributed by atoms with Crippen molar-refractivity contribution in [3.63, 3.8) is 0 Å². The zero-order valence-corrected chi connectivity index (χ0v) is 11.5. The number of benzene rings is 1. The minimum absolute atomic E-state index is 0.215. The highest BCUT2D eigenvalue weighted by Crippen LogP contribution is 2.31. The quantitative estimate of drug-likeness (QED) is 0.863. The van der Waals surface area contributed by atoms with E-state index in [9.17, 15) is 4.79 Å². The molecule has 98 valence electrons. The van der Waals surface area contributed by atoms with Crippen LogP contribution in [-0.4, -0.2) is 37.0 Å². The SMILES string of the molecule is O=C(c1csc2ccccc12)N1C[C@H]2CNC[C@H]2C1. The highest BCUT2D eigenvalue weighted by Gasteiger charge is 2.38. The van der Waals surface area contributed by atoms with Gasteiger partial charge in [-0.05, 0) is 17.9 Å². The molecule has 2 aliphatic rings. The number of fused-ring (bicyclic) bond motifs is 2. The van der Waals surface area contributed by atoms with Crippen LogP contribution in [0, 0.1) is 11.8 Å². The summed E-state index contributed by atoms with van der Waals surface area (Å²) in [6.45, 7) is 3.97. The maximum absolute atomic E-state index is 12.7. The second-order valence-electron chi connectivity index (χ2n) is 5.53. The van der Waals surface area contributed by atoms with Gasteiger partial charge in [-0.25, -0.2) is 0 Å². The number of carbonyl (C=O) groups excluding carboxylic acids is 1. The molecule has 4 heteroatoms. The molecule has 2 saturated heterocycles. The van der Waals surface area contributed by atoms with Gasteiger partial charge in [-0.1, -0.05) is 18.2 Å². The molecule has 0 aliphatic carbocycles. The molecule has 3 heterocycles. The van der Waals surface area contributed by atoms with E-state index in [-0.39, 0.29) is 5.91 Å². The summed E-state index contributed by atoms with van der Waals surface area (Å²) in [5.74, 6) is 1.54. The van der Waals surface area contributed by atoms with Gasteiger partial charge in [0.15, 0.2) is 0 Å². The first-order valence-electron chi connectivity index (χ1n) is 6.79. The van der Waals surface area contributed by atoms with Gasteiger partial charge in [0, 0.05) is 41.6 Å². The van der Waals surface area contributed by atoms with Crippen LogP contribution in [0.1, 0.15) is 10.4 Å². The molecule has 1 N–H and O–H groups in total. The van der Waals surface area contributed by atoms with Crippen molar-refractivity contribution in [3.8, 4) is 0 Å². The van der Waals surface area contributed by atoms with Crippen LogP contribution >= 0.6 is 11.3 Å². The first kappa shape index (κ1) is 11.4. The summed E-state index contributed by atoms with van der Waals surface area (Å²) in [7, 11) is 0. The molecule has 0 unspecified atom stereocenters. The van der Waals surface area contributed by atoms with Gasteiger partial charge in [-0.15, -0.1) is 11.3 Å². The summed E-state index contributed by atoms with van der Waals surface area (Å²) >= 11 is 1.66. The Labute approximate surface area is 116 Å². The lowest BCUT2D eigenvalue weighted by molar-refractivity contribution is 0.0784. The Bertz CT molecular complexity index is 624. The van der Waals surface area contributed by atoms with Crippen molar-refractivity contribution < 1.29 is 4.79 Å². The van der Waals surface area contributed by atoms with E-state index in [1.54, 1.807) is 11.3 Å². The molecular formula is C15H16N2OS. The van der Waals surface area contributed by atoms with Crippen molar-refractivity contribution >= 4 is 27.3 Å². The zero-order valence-electron chi connectivity index (χ0n) is 10.6. The second kappa shape index (κ2) is 4.32. The highest BCUT2D eigenvalue weighted by molar-refractivity contribution is 7.17. The van der Waals surface area contributed by atoms with Gasteiger partial charge in [0.05, 0.1) is 5.56 Å². The molecule has 1 aromatic heterocycles. The number of nitrogens with zero attached hydrogens (tertiary/aromatic N) is 1. The number of hydrogen-bond donors (Lipinski definition) is 1. The van der Waals surface area contributed by atoms with Crippen molar-refractivity contribution in [3.05, 3.63) is 35.2 Å². The standard InChI is InChI=1S/C15H16N2OS/c18-15(17-7-10-5-16-6-11(10)8-17)13-9-19-14-4-2-1-3-12(13)14/h1-4,9-11,16H,5-8H2/t10-,11+. The Hall–Kier alpha value is -1.39. The Morgan fingerprint density at radius 3 is 2.74 bits per heavy atom. The lowest BCUT2D eigenvalue weighted by Gasteiger charge is -2.17. The van der Waals surface area contributed by atoms with Crippen molar-refractivity contribution in [2.45, 2.75) is 0 Å². The predicted molar refractivity (Wildman–Crippen MR) is 77.6 cm³/mol. The number of hydrogen-bond acceptors (Lipinski definition) is 3. The third kappa shape index (κ3) is 1.78. The molecule has 2 fully saturated rings. The zero-order chi connectivity index (χ0) is 12.8. The van der Waals surface area contributed by atoms with E-state index in [0.29, 0.717) is 11.8 Å². The summed E-state index contributed by atoms with van der Waals surface area (Å²) in [6, 6.07) is 8.17. The van der Waals surface area contributed by atoms with Crippen LogP contribution in [0.4, 0.5) is 0 Å². The lowest BCUT2D eigenvalue weighted by Crippen LogP contribution is -2.31. The topological polar surface area (TPSA) is 32.3 Å². The van der Waals surface area contributed by atoms with Crippen LogP contribution < -0.4 is 5.32 Å². The van der Waals surface area contributed by atoms with E-state index in [0.717, 1.165) is 37.1 Å². The molecule has 1 aromatic carbocycles. The number of thiophene rings is 1. The summed E-state index contributed by atoms with van der Waals surface area (Å²) in [5, 5.41) is 6.53. The monoisotopic (exact) mass is 272 g/mol. The van der Waals surface area contributed by atoms with Crippen molar-refractivity contribution in [2.75, 3.05) is 26.2 Å². The number of rotatable bonds is 1. The van der Waals surface area contributed by atoms with Gasteiger partial charge < -0.3 is 10.2 Å². The van der Waals surface area contributed by atoms with Crippen LogP contribution in [0.15, 0.2) is 29.6 Å². The van der Waals surface area contributed by atoms with E-state index in [1.165, 1.54) is 4.70 Å². The third-order valence-corrected chi connectivity index (χ3v) is 5.35. The van der Waals surface area contributed by atoms with E-state index in [4.69, 9.17) is 0 Å². The molecule has 1 amide bonds. The molecule has 0 saturated carbocycles. The van der Waals surface area contributed by atoms with Gasteiger partial charge >= 0.3 is 0 Å². The Morgan fingerprint density at radius 1 is 1.21 bits per heavy atom. The fraction of sp³-hybridized carbons (Fsp3) is 0.400. The van der Waals surface area contributed by atoms with Gasteiger partial charge in [0.25, 0.3) is 5.91 Å². The van der Waals surface area contributed by atoms with Crippen molar-refractivity contribution in [1.82, 2.24) is 10.2 Å². The molecule has 2 aliphatic heterocycles. The van der Waals surface area contributed by atoms with E-state index in [2.05, 4.69) is 17.4 Å². The highest BCUT2D eigenvalue weighted by atomic mass is 32.1. The van der Waals surface area contributed by atoms with Crippen molar-refractivity contribution in [2.24, 2.45) is 11.8 Å². The third-order valence-electron chi connectivity index (χ3n) is 4.39. The molecule has 3 nitrogen and oxygen atoms in total. The summed E-state index contributed by atoms with van der Waals surface area (Å²) in [4.78, 5) is 14.7. The minimum atomic E-state index is 0.215. The normalized spacial score (nSPS) is 26.0. The van der Waals surface area contributed by atoms with Gasteiger partial charge in [-0.2, -0.15) is 0 Å². The smallest absolute Gasteiger partial charge is 0.255 e. The minimum Gasteiger partial charge on any atom is -0.338 e. The molecule has 0 spiro atoms. The van der Waals surface area contributed by atoms with E-state index >= 15 is 0 Å². The summed E-state index contributed by atoms with van der Waals surface area (Å²) in [6.07, 6.45) is 0. The average Bonchev–Trinajstić information content (AvgIpc) is 3.11. The molecule has 0 radical (unpaired) electrons. The number of nitrogens with one attached hydrogen (secondary N) is 1. The summed E-state index contributed by atoms with van der Waals surface area (Å²) < 4.78 is 1.20. The van der Waals surface area contributed by atoms with Crippen LogP contribution in [0.25, 0.3) is 10.1 Å². The van der Waals surface area contributed by atoms with Crippen molar-refractivity contribution in [1.29, 1.82) is 0 Å². The number of likely N-dealkylation sites (tertiary alicyclic amines) is 1. The fourth-order valence-corrected chi connectivity index (χ4v) is 4.27. The Kier molecular flexibility index (Phi) is 2.60. The maximum Gasteiger partial charge on any atom is 0.255 e. The maximum atomic E-state index is 12.7. The van der Waals surface area contributed by atoms with Gasteiger partial charge in [0.1, 0.15) is 0 Å². The molecule has 0 bridgehead atoms. The largest absolute Gasteiger partial charge is 0.338 e. The Morgan fingerprint density at radius 2 is 1.95 bits per heavy atom. The molecular weight excluding hydrogens is 256 g/mol. The molecule has 4 rings (SSSR count). The van der Waals surface area contributed by atoms with Crippen LogP contribution in [0.5, 0.6) is 0 Å². The van der Waals surface area contributed by atoms with Gasteiger partial charge in [0.2, 0.25) is 0 Å². The van der Waals surface area contributed by atoms with Crippen LogP contribution in [0.3, 0.4) is 0 Å². The fourth-order valence-electron chi connectivity index (χ4n) is 3.33. The van der Waals surface area contributed by atoms with E-state index in [1.807, 2.05) is 22.4 Å². The predicted octanol–water partition coefficient (Wildman–Crippen LogP) is 2.19. The number of carbonyl (C=O) groups is 1. The number of amides is 1. The van der Waals surface area contributed by atoms with E-state index < -0.39 is 0 Å². The second-order valence-corrected chi connectivity index (χ2v) is 6.45. The lowest BCUT2D eigenvalue weighted by atomic mass is 10.0. The van der Waals surface area contributed by atoms with Crippen LogP contribution in [-0.2, 0) is 0 Å². The van der Waals surface area contributed by atoms with Gasteiger partial charge in [-0.3, -0.25) is 4.79 Å². The first-order valence-corrected chi connectivity index (χ1v) is 7.67. The average molecular weight is 272 g/mol. The first-order chi connectivity index (χ1) is 9.33. The molecule has 2 atom stereocenters. The Balaban J connectivity index is 1.64. The summed E-state index contributed by atoms with van der Waals surface area (Å²) in [5.41, 5.74) is 0.883.